The fourth-order valence-corrected chi connectivity index (χ4v) is 2.78. The van der Waals surface area contributed by atoms with E-state index in [1.54, 1.807) is 6.20 Å². The van der Waals surface area contributed by atoms with Crippen LogP contribution in [0.5, 0.6) is 0 Å². The van der Waals surface area contributed by atoms with Gasteiger partial charge in [-0.25, -0.2) is 4.98 Å². The monoisotopic (exact) mass is 296 g/mol. The van der Waals surface area contributed by atoms with Crippen LogP contribution in [-0.2, 0) is 0 Å². The number of benzene rings is 1. The molecule has 1 aromatic heterocycles. The number of hydrogen-bond acceptors (Lipinski definition) is 5. The third-order valence-electron chi connectivity index (χ3n) is 4.15. The highest BCUT2D eigenvalue weighted by atomic mass is 16.3. The third kappa shape index (κ3) is 3.14. The van der Waals surface area contributed by atoms with Crippen molar-refractivity contribution in [1.82, 2.24) is 15.3 Å². The van der Waals surface area contributed by atoms with Crippen LogP contribution in [0.3, 0.4) is 0 Å². The zero-order chi connectivity index (χ0) is 15.4. The minimum Gasteiger partial charge on any atom is -0.396 e. The van der Waals surface area contributed by atoms with Crippen molar-refractivity contribution < 1.29 is 5.11 Å². The maximum absolute atomic E-state index is 8.90. The molecule has 0 saturated heterocycles. The predicted octanol–water partition coefficient (Wildman–Crippen LogP) is 2.37. The first kappa shape index (κ1) is 14.7. The molecular weight excluding hydrogens is 276 g/mol. The Labute approximate surface area is 129 Å². The summed E-state index contributed by atoms with van der Waals surface area (Å²) in [5, 5.41) is 19.8. The number of rotatable bonds is 6. The van der Waals surface area contributed by atoms with Crippen molar-refractivity contribution in [3.63, 3.8) is 0 Å². The Hall–Kier alpha value is -2.27. The van der Waals surface area contributed by atoms with Crippen LogP contribution >= 0.6 is 0 Å². The maximum atomic E-state index is 8.90. The van der Waals surface area contributed by atoms with E-state index >= 15 is 0 Å². The lowest BCUT2D eigenvalue weighted by Crippen LogP contribution is -2.39. The minimum atomic E-state index is 0.269. The first-order valence-electron chi connectivity index (χ1n) is 7.60. The van der Waals surface area contributed by atoms with E-state index in [1.165, 1.54) is 6.21 Å². The van der Waals surface area contributed by atoms with Gasteiger partial charge in [0.25, 0.3) is 0 Å². The number of allylic oxidation sites excluding steroid dienone is 1. The van der Waals surface area contributed by atoms with E-state index in [0.717, 1.165) is 35.9 Å². The highest BCUT2D eigenvalue weighted by Gasteiger charge is 2.27. The molecule has 5 nitrogen and oxygen atoms in total. The molecule has 0 atom stereocenters. The summed E-state index contributed by atoms with van der Waals surface area (Å²) in [6, 6.07) is 8.15. The highest BCUT2D eigenvalue weighted by Crippen LogP contribution is 2.30. The fraction of sp³-hybridized carbons (Fsp3) is 0.353. The molecule has 22 heavy (non-hydrogen) atoms. The molecule has 3 N–H and O–H groups in total. The van der Waals surface area contributed by atoms with Gasteiger partial charge in [0.2, 0.25) is 0 Å². The molecule has 0 bridgehead atoms. The Morgan fingerprint density at radius 2 is 2.09 bits per heavy atom. The van der Waals surface area contributed by atoms with Crippen molar-refractivity contribution in [1.29, 1.82) is 5.41 Å². The zero-order valence-electron chi connectivity index (χ0n) is 12.4. The number of hydrogen-bond donors (Lipinski definition) is 3. The molecule has 3 rings (SSSR count). The van der Waals surface area contributed by atoms with Crippen molar-refractivity contribution >= 4 is 22.8 Å². The van der Waals surface area contributed by atoms with E-state index < -0.39 is 0 Å². The summed E-state index contributed by atoms with van der Waals surface area (Å²) >= 11 is 0. The van der Waals surface area contributed by atoms with Gasteiger partial charge in [-0.05, 0) is 37.3 Å². The average molecular weight is 296 g/mol. The summed E-state index contributed by atoms with van der Waals surface area (Å²) in [6.07, 6.45) is 7.89. The molecule has 1 saturated carbocycles. The number of aromatic nitrogens is 2. The topological polar surface area (TPSA) is 81.9 Å². The SMILES string of the molecule is N=C/C(=C\NC1CC(CCO)C1)c1cnc2ccccc2n1. The number of aliphatic hydroxyl groups is 1. The molecule has 0 aliphatic heterocycles. The first-order chi connectivity index (χ1) is 10.8. The summed E-state index contributed by atoms with van der Waals surface area (Å²) in [5.74, 6) is 0.625. The van der Waals surface area contributed by atoms with E-state index in [1.807, 2.05) is 30.5 Å². The largest absolute Gasteiger partial charge is 0.396 e. The average Bonchev–Trinajstić information content (AvgIpc) is 2.52. The summed E-state index contributed by atoms with van der Waals surface area (Å²) in [7, 11) is 0. The number of nitrogens with one attached hydrogen (secondary N) is 2. The molecule has 0 amide bonds. The molecular formula is C17H20N4O. The van der Waals surface area contributed by atoms with Crippen LogP contribution in [0.2, 0.25) is 0 Å². The molecule has 1 aliphatic carbocycles. The van der Waals surface area contributed by atoms with Gasteiger partial charge in [0.1, 0.15) is 0 Å². The van der Waals surface area contributed by atoms with Crippen LogP contribution in [-0.4, -0.2) is 33.9 Å². The van der Waals surface area contributed by atoms with Gasteiger partial charge in [-0.1, -0.05) is 12.1 Å². The second-order valence-corrected chi connectivity index (χ2v) is 5.70. The summed E-state index contributed by atoms with van der Waals surface area (Å²) in [4.78, 5) is 8.94. The lowest BCUT2D eigenvalue weighted by molar-refractivity contribution is 0.176. The Kier molecular flexibility index (Phi) is 4.44. The minimum absolute atomic E-state index is 0.269. The lowest BCUT2D eigenvalue weighted by atomic mass is 9.78. The van der Waals surface area contributed by atoms with Gasteiger partial charge in [-0.3, -0.25) is 4.98 Å². The predicted molar refractivity (Wildman–Crippen MR) is 87.6 cm³/mol. The van der Waals surface area contributed by atoms with E-state index in [4.69, 9.17) is 10.5 Å². The Morgan fingerprint density at radius 3 is 2.82 bits per heavy atom. The van der Waals surface area contributed by atoms with Crippen LogP contribution in [0.15, 0.2) is 36.7 Å². The van der Waals surface area contributed by atoms with Gasteiger partial charge in [0.05, 0.1) is 22.9 Å². The van der Waals surface area contributed by atoms with Gasteiger partial charge in [0, 0.05) is 30.6 Å². The first-order valence-corrected chi connectivity index (χ1v) is 7.60. The van der Waals surface area contributed by atoms with Crippen molar-refractivity contribution in [3.05, 3.63) is 42.4 Å². The van der Waals surface area contributed by atoms with Gasteiger partial charge in [0.15, 0.2) is 0 Å². The standard InChI is InChI=1S/C17H20N4O/c18-9-13(10-19-14-7-12(8-14)5-6-22)17-11-20-15-3-1-2-4-16(15)21-17/h1-4,9-12,14,18-19,22H,5-8H2/b13-10+,18-9?. The molecule has 1 heterocycles. The number of aliphatic hydroxyl groups excluding tert-OH is 1. The fourth-order valence-electron chi connectivity index (χ4n) is 2.78. The molecule has 1 fully saturated rings. The van der Waals surface area contributed by atoms with E-state index in [0.29, 0.717) is 17.7 Å². The van der Waals surface area contributed by atoms with Crippen molar-refractivity contribution in [2.75, 3.05) is 6.61 Å². The second kappa shape index (κ2) is 6.66. The molecule has 0 spiro atoms. The van der Waals surface area contributed by atoms with E-state index in [2.05, 4.69) is 15.3 Å². The third-order valence-corrected chi connectivity index (χ3v) is 4.15. The molecule has 1 aliphatic rings. The summed E-state index contributed by atoms with van der Waals surface area (Å²) in [6.45, 7) is 0.269. The molecule has 114 valence electrons. The van der Waals surface area contributed by atoms with Gasteiger partial charge < -0.3 is 15.8 Å². The Morgan fingerprint density at radius 1 is 1.32 bits per heavy atom. The molecule has 1 aromatic carbocycles. The highest BCUT2D eigenvalue weighted by molar-refractivity contribution is 6.07. The smallest absolute Gasteiger partial charge is 0.0922 e. The van der Waals surface area contributed by atoms with E-state index in [9.17, 15) is 0 Å². The quantitative estimate of drug-likeness (QED) is 0.715. The van der Waals surface area contributed by atoms with Crippen molar-refractivity contribution in [3.8, 4) is 0 Å². The second-order valence-electron chi connectivity index (χ2n) is 5.70. The maximum Gasteiger partial charge on any atom is 0.0922 e. The molecule has 5 heteroatoms. The Bertz CT molecular complexity index is 692. The number of nitrogens with zero attached hydrogens (tertiary/aromatic N) is 2. The van der Waals surface area contributed by atoms with Crippen molar-refractivity contribution in [2.45, 2.75) is 25.3 Å². The van der Waals surface area contributed by atoms with Gasteiger partial charge in [-0.2, -0.15) is 0 Å². The lowest BCUT2D eigenvalue weighted by Gasteiger charge is -2.35. The van der Waals surface area contributed by atoms with Crippen molar-refractivity contribution in [2.24, 2.45) is 5.92 Å². The van der Waals surface area contributed by atoms with Crippen LogP contribution in [0, 0.1) is 11.3 Å². The van der Waals surface area contributed by atoms with E-state index in [-0.39, 0.29) is 6.61 Å². The molecule has 2 aromatic rings. The van der Waals surface area contributed by atoms with Gasteiger partial charge >= 0.3 is 0 Å². The number of para-hydroxylation sites is 2. The summed E-state index contributed by atoms with van der Waals surface area (Å²) in [5.41, 5.74) is 3.12. The van der Waals surface area contributed by atoms with Crippen LogP contribution < -0.4 is 5.32 Å². The van der Waals surface area contributed by atoms with Crippen LogP contribution in [0.1, 0.15) is 25.0 Å². The van der Waals surface area contributed by atoms with Gasteiger partial charge in [-0.15, -0.1) is 0 Å². The normalized spacial score (nSPS) is 21.4. The zero-order valence-corrected chi connectivity index (χ0v) is 12.4. The molecule has 0 radical (unpaired) electrons. The summed E-state index contributed by atoms with van der Waals surface area (Å²) < 4.78 is 0. The number of fused-ring (bicyclic) bond motifs is 1. The van der Waals surface area contributed by atoms with Crippen LogP contribution in [0.4, 0.5) is 0 Å². The molecule has 0 unspecified atom stereocenters. The Balaban J connectivity index is 1.70. The van der Waals surface area contributed by atoms with Crippen LogP contribution in [0.25, 0.3) is 16.6 Å².